The molecule has 1 amide bonds. The third kappa shape index (κ3) is 3.58. The summed E-state index contributed by atoms with van der Waals surface area (Å²) in [4.78, 5) is 15.1. The van der Waals surface area contributed by atoms with Gasteiger partial charge in [0, 0.05) is 17.1 Å². The van der Waals surface area contributed by atoms with Crippen molar-refractivity contribution in [3.63, 3.8) is 0 Å². The lowest BCUT2D eigenvalue weighted by Gasteiger charge is -2.51. The first-order chi connectivity index (χ1) is 19.2. The molecule has 2 atom stereocenters. The van der Waals surface area contributed by atoms with Gasteiger partial charge in [0.1, 0.15) is 11.2 Å². The Morgan fingerprint density at radius 1 is 0.950 bits per heavy atom. The van der Waals surface area contributed by atoms with Gasteiger partial charge in [0.05, 0.1) is 17.2 Å². The van der Waals surface area contributed by atoms with Gasteiger partial charge in [-0.15, -0.1) is 0 Å². The number of sulfonamides is 1. The molecule has 2 aliphatic heterocycles. The highest BCUT2D eigenvalue weighted by Crippen LogP contribution is 2.65. The Bertz CT molecular complexity index is 1650. The molecule has 3 aromatic rings. The van der Waals surface area contributed by atoms with Crippen LogP contribution in [-0.2, 0) is 25.0 Å². The average Bonchev–Trinajstić information content (AvgIpc) is 3.49. The van der Waals surface area contributed by atoms with Crippen molar-refractivity contribution in [2.24, 2.45) is 11.3 Å². The number of hydrogen-bond acceptors (Lipinski definition) is 4. The van der Waals surface area contributed by atoms with Crippen molar-refractivity contribution in [3.05, 3.63) is 113 Å². The number of fused-ring (bicyclic) bond motifs is 3. The summed E-state index contributed by atoms with van der Waals surface area (Å²) in [5.74, 6) is 0.367. The second-order valence-corrected chi connectivity index (χ2v) is 13.5. The highest BCUT2D eigenvalue weighted by Gasteiger charge is 2.67. The van der Waals surface area contributed by atoms with Crippen LogP contribution in [0.2, 0.25) is 0 Å². The van der Waals surface area contributed by atoms with Crippen molar-refractivity contribution >= 4 is 27.4 Å². The Morgan fingerprint density at radius 3 is 2.33 bits per heavy atom. The van der Waals surface area contributed by atoms with Crippen LogP contribution in [0.25, 0.3) is 5.76 Å². The van der Waals surface area contributed by atoms with E-state index in [1.54, 1.807) is 30.3 Å². The van der Waals surface area contributed by atoms with E-state index in [2.05, 4.69) is 26.8 Å². The van der Waals surface area contributed by atoms with Crippen LogP contribution in [-0.4, -0.2) is 20.9 Å². The summed E-state index contributed by atoms with van der Waals surface area (Å²) in [6.45, 7) is 8.71. The smallest absolute Gasteiger partial charge is 0.270 e. The summed E-state index contributed by atoms with van der Waals surface area (Å²) in [5.41, 5.74) is 3.42. The lowest BCUT2D eigenvalue weighted by molar-refractivity contribution is -0.126. The number of para-hydroxylation sites is 1. The molecule has 2 heterocycles. The molecule has 1 aliphatic carbocycles. The minimum Gasteiger partial charge on any atom is -0.492 e. The van der Waals surface area contributed by atoms with E-state index < -0.39 is 26.8 Å². The van der Waals surface area contributed by atoms with E-state index in [-0.39, 0.29) is 10.8 Å². The molecule has 3 aromatic carbocycles. The summed E-state index contributed by atoms with van der Waals surface area (Å²) in [5, 5.41) is 0. The first-order valence-electron chi connectivity index (χ1n) is 14.0. The van der Waals surface area contributed by atoms with Gasteiger partial charge in [-0.1, -0.05) is 99.5 Å². The average molecular weight is 554 g/mol. The standard InChI is InChI=1S/C34H35NO4S/c1-5-6-14-25-21-27-29(22-39-31(27)24-12-8-7-9-13-24)33(3,4)34(25)28-15-10-11-16-30(28)35(32(34)36)40(37,38)26-19-17-23(2)18-20-26/h7-13,15-21,29H,5-6,14,22H2,1-4H3/t29-,34+/m0/s1. The normalized spacial score (nSPS) is 23.2. The van der Waals surface area contributed by atoms with Gasteiger partial charge in [-0.25, -0.2) is 12.7 Å². The van der Waals surface area contributed by atoms with Gasteiger partial charge < -0.3 is 4.74 Å². The van der Waals surface area contributed by atoms with E-state index in [9.17, 15) is 8.42 Å². The summed E-state index contributed by atoms with van der Waals surface area (Å²) >= 11 is 0. The number of carbonyl (C=O) groups excluding carboxylic acids is 1. The molecule has 0 saturated carbocycles. The van der Waals surface area contributed by atoms with E-state index in [0.717, 1.165) is 50.7 Å². The first kappa shape index (κ1) is 26.6. The first-order valence-corrected chi connectivity index (χ1v) is 15.5. The summed E-state index contributed by atoms with van der Waals surface area (Å²) in [6, 6.07) is 24.2. The lowest BCUT2D eigenvalue weighted by Crippen LogP contribution is -2.57. The number of amides is 1. The minimum absolute atomic E-state index is 0.0906. The van der Waals surface area contributed by atoms with E-state index in [1.165, 1.54) is 0 Å². The Balaban J connectivity index is 1.61. The molecule has 5 nitrogen and oxygen atoms in total. The molecule has 0 unspecified atom stereocenters. The Kier molecular flexibility index (Phi) is 6.30. The molecule has 0 N–H and O–H groups in total. The maximum atomic E-state index is 15.0. The minimum atomic E-state index is -4.15. The van der Waals surface area contributed by atoms with Crippen LogP contribution in [0.1, 0.15) is 56.7 Å². The molecule has 6 heteroatoms. The predicted octanol–water partition coefficient (Wildman–Crippen LogP) is 7.18. The molecule has 206 valence electrons. The fraction of sp³-hybridized carbons (Fsp3) is 0.324. The zero-order valence-electron chi connectivity index (χ0n) is 23.5. The predicted molar refractivity (Wildman–Crippen MR) is 158 cm³/mol. The fourth-order valence-electron chi connectivity index (χ4n) is 7.03. The van der Waals surface area contributed by atoms with Crippen LogP contribution >= 0.6 is 0 Å². The number of nitrogens with zero attached hydrogens (tertiary/aromatic N) is 1. The van der Waals surface area contributed by atoms with Crippen LogP contribution in [0, 0.1) is 18.3 Å². The van der Waals surface area contributed by atoms with Gasteiger partial charge in [0.2, 0.25) is 0 Å². The number of rotatable bonds is 6. The molecule has 0 saturated heterocycles. The zero-order chi connectivity index (χ0) is 28.3. The molecule has 6 rings (SSSR count). The van der Waals surface area contributed by atoms with Gasteiger partial charge >= 0.3 is 0 Å². The van der Waals surface area contributed by atoms with Crippen molar-refractivity contribution < 1.29 is 17.9 Å². The maximum Gasteiger partial charge on any atom is 0.270 e. The van der Waals surface area contributed by atoms with Crippen molar-refractivity contribution in [2.75, 3.05) is 10.9 Å². The third-order valence-corrected chi connectivity index (χ3v) is 10.8. The molecular weight excluding hydrogens is 518 g/mol. The molecule has 40 heavy (non-hydrogen) atoms. The van der Waals surface area contributed by atoms with Gasteiger partial charge in [-0.2, -0.15) is 0 Å². The summed E-state index contributed by atoms with van der Waals surface area (Å²) < 4.78 is 35.8. The molecule has 0 radical (unpaired) electrons. The number of unbranched alkanes of at least 4 members (excludes halogenated alkanes) is 1. The van der Waals surface area contributed by atoms with Crippen molar-refractivity contribution in [3.8, 4) is 0 Å². The summed E-state index contributed by atoms with van der Waals surface area (Å²) in [7, 11) is -4.15. The van der Waals surface area contributed by atoms with Crippen LogP contribution in [0.3, 0.4) is 0 Å². The van der Waals surface area contributed by atoms with Gasteiger partial charge in [-0.05, 0) is 54.5 Å². The second-order valence-electron chi connectivity index (χ2n) is 11.7. The third-order valence-electron chi connectivity index (χ3n) is 9.11. The van der Waals surface area contributed by atoms with Crippen molar-refractivity contribution in [1.29, 1.82) is 0 Å². The highest BCUT2D eigenvalue weighted by atomic mass is 32.2. The van der Waals surface area contributed by atoms with Crippen LogP contribution < -0.4 is 4.31 Å². The molecule has 1 spiro atoms. The molecule has 0 fully saturated rings. The lowest BCUT2D eigenvalue weighted by atomic mass is 9.49. The van der Waals surface area contributed by atoms with E-state index in [1.807, 2.05) is 55.5 Å². The van der Waals surface area contributed by atoms with Gasteiger partial charge in [0.25, 0.3) is 15.9 Å². The Hall–Kier alpha value is -3.64. The van der Waals surface area contributed by atoms with Crippen LogP contribution in [0.5, 0.6) is 0 Å². The number of ether oxygens (including phenoxy) is 1. The number of aryl methyl sites for hydroxylation is 1. The number of benzene rings is 3. The summed E-state index contributed by atoms with van der Waals surface area (Å²) in [6.07, 6.45) is 4.71. The number of hydrogen-bond donors (Lipinski definition) is 0. The largest absolute Gasteiger partial charge is 0.492 e. The Morgan fingerprint density at radius 2 is 1.62 bits per heavy atom. The molecule has 0 aromatic heterocycles. The van der Waals surface area contributed by atoms with Crippen LogP contribution in [0.15, 0.2) is 101 Å². The SMILES string of the molecule is CCCCC1=CC2=C(c3ccccc3)OC[C@@H]2C(C)(C)[C@]12C(=O)N(S(=O)(=O)c1ccc(C)cc1)c1ccccc12. The van der Waals surface area contributed by atoms with E-state index in [0.29, 0.717) is 18.7 Å². The van der Waals surface area contributed by atoms with E-state index in [4.69, 9.17) is 4.74 Å². The van der Waals surface area contributed by atoms with Crippen molar-refractivity contribution in [1.82, 2.24) is 0 Å². The topological polar surface area (TPSA) is 63.7 Å². The highest BCUT2D eigenvalue weighted by molar-refractivity contribution is 7.93. The van der Waals surface area contributed by atoms with Crippen molar-refractivity contribution in [2.45, 2.75) is 57.3 Å². The maximum absolute atomic E-state index is 15.0. The number of allylic oxidation sites excluding steroid dienone is 1. The molecule has 0 bridgehead atoms. The quantitative estimate of drug-likeness (QED) is 0.324. The molecular formula is C34H35NO4S. The second kappa shape index (κ2) is 9.48. The number of carbonyl (C=O) groups is 1. The number of anilines is 1. The van der Waals surface area contributed by atoms with E-state index >= 15 is 4.79 Å². The monoisotopic (exact) mass is 553 g/mol. The Labute approximate surface area is 237 Å². The van der Waals surface area contributed by atoms with Gasteiger partial charge in [0.15, 0.2) is 0 Å². The van der Waals surface area contributed by atoms with Crippen LogP contribution in [0.4, 0.5) is 5.69 Å². The molecule has 3 aliphatic rings. The van der Waals surface area contributed by atoms with Gasteiger partial charge in [-0.3, -0.25) is 4.79 Å². The fourth-order valence-corrected chi connectivity index (χ4v) is 8.50. The zero-order valence-corrected chi connectivity index (χ0v) is 24.3.